The molecule has 1 aromatic carbocycles. The number of carbonyl (C=O) groups excluding carboxylic acids is 1. The summed E-state index contributed by atoms with van der Waals surface area (Å²) in [5.41, 5.74) is 0.265. The van der Waals surface area contributed by atoms with E-state index in [1.54, 1.807) is 23.1 Å². The molecular weight excluding hydrogens is 420 g/mol. The van der Waals surface area contributed by atoms with Gasteiger partial charge in [-0.3, -0.25) is 4.79 Å². The highest BCUT2D eigenvalue weighted by Gasteiger charge is 2.30. The van der Waals surface area contributed by atoms with Gasteiger partial charge in [-0.2, -0.15) is 0 Å². The lowest BCUT2D eigenvalue weighted by Gasteiger charge is -2.21. The summed E-state index contributed by atoms with van der Waals surface area (Å²) in [6.45, 7) is 4.38. The first-order valence-corrected chi connectivity index (χ1v) is 11.4. The van der Waals surface area contributed by atoms with Crippen LogP contribution in [-0.2, 0) is 16.6 Å². The number of sulfonamides is 1. The Kier molecular flexibility index (Phi) is 6.44. The second-order valence-electron chi connectivity index (χ2n) is 6.44. The Labute approximate surface area is 173 Å². The fourth-order valence-corrected chi connectivity index (χ4v) is 5.29. The van der Waals surface area contributed by atoms with Crippen molar-refractivity contribution in [1.29, 1.82) is 0 Å². The predicted octanol–water partition coefficient (Wildman–Crippen LogP) is 3.68. The third-order valence-corrected chi connectivity index (χ3v) is 6.97. The first kappa shape index (κ1) is 20.9. The van der Waals surface area contributed by atoms with E-state index in [1.807, 2.05) is 6.07 Å². The number of hydrogen-bond donors (Lipinski definition) is 1. The second-order valence-corrected chi connectivity index (χ2v) is 9.92. The van der Waals surface area contributed by atoms with Crippen LogP contribution in [0.25, 0.3) is 0 Å². The Bertz CT molecular complexity index is 984. The number of nitrogens with zero attached hydrogens (tertiary/aromatic N) is 1. The minimum atomic E-state index is -3.77. The van der Waals surface area contributed by atoms with Crippen LogP contribution in [-0.4, -0.2) is 38.9 Å². The van der Waals surface area contributed by atoms with Gasteiger partial charge < -0.3 is 9.64 Å². The lowest BCUT2D eigenvalue weighted by Crippen LogP contribution is -2.31. The van der Waals surface area contributed by atoms with Gasteiger partial charge in [0.25, 0.3) is 5.91 Å². The van der Waals surface area contributed by atoms with Gasteiger partial charge in [0.1, 0.15) is 10.6 Å². The number of carbonyl (C=O) groups is 1. The maximum Gasteiger partial charge on any atom is 0.254 e. The number of halogens is 1. The van der Waals surface area contributed by atoms with Crippen LogP contribution in [0.4, 0.5) is 0 Å². The molecule has 1 aromatic heterocycles. The summed E-state index contributed by atoms with van der Waals surface area (Å²) in [7, 11) is -2.37. The van der Waals surface area contributed by atoms with Gasteiger partial charge in [0.15, 0.2) is 0 Å². The Morgan fingerprint density at radius 1 is 1.39 bits per heavy atom. The third-order valence-electron chi connectivity index (χ3n) is 4.21. The number of thiophene rings is 1. The predicted molar refractivity (Wildman–Crippen MR) is 111 cm³/mol. The monoisotopic (exact) mass is 440 g/mol. The zero-order valence-corrected chi connectivity index (χ0v) is 17.7. The van der Waals surface area contributed by atoms with Gasteiger partial charge in [-0.1, -0.05) is 17.7 Å². The van der Waals surface area contributed by atoms with Crippen molar-refractivity contribution < 1.29 is 17.9 Å². The second kappa shape index (κ2) is 8.65. The summed E-state index contributed by atoms with van der Waals surface area (Å²) in [6, 6.07) is 8.02. The number of methoxy groups -OCH3 is 1. The fourth-order valence-electron chi connectivity index (χ4n) is 2.69. The van der Waals surface area contributed by atoms with E-state index in [1.165, 1.54) is 30.6 Å². The molecule has 1 heterocycles. The van der Waals surface area contributed by atoms with Gasteiger partial charge in [0.05, 0.1) is 18.0 Å². The van der Waals surface area contributed by atoms with Crippen LogP contribution in [0.15, 0.2) is 47.9 Å². The highest BCUT2D eigenvalue weighted by molar-refractivity contribution is 7.89. The molecule has 0 atom stereocenters. The van der Waals surface area contributed by atoms with Crippen molar-refractivity contribution in [2.24, 2.45) is 0 Å². The molecule has 1 saturated carbocycles. The summed E-state index contributed by atoms with van der Waals surface area (Å²) >= 11 is 7.37. The molecular formula is C19H21ClN2O4S2. The normalized spacial score (nSPS) is 13.9. The zero-order valence-electron chi connectivity index (χ0n) is 15.4. The molecule has 1 N–H and O–H groups in total. The number of hydrogen-bond acceptors (Lipinski definition) is 5. The molecule has 6 nitrogen and oxygen atoms in total. The van der Waals surface area contributed by atoms with Crippen molar-refractivity contribution in [2.45, 2.75) is 30.3 Å². The van der Waals surface area contributed by atoms with Gasteiger partial charge in [-0.15, -0.1) is 17.9 Å². The Balaban J connectivity index is 1.90. The SMILES string of the molecule is C=CCN(Cc1ccc(Cl)s1)C(=O)c1ccc(OC)c(S(=O)(=O)NC2CC2)c1. The van der Waals surface area contributed by atoms with E-state index in [4.69, 9.17) is 16.3 Å². The summed E-state index contributed by atoms with van der Waals surface area (Å²) in [6.07, 6.45) is 3.26. The highest BCUT2D eigenvalue weighted by atomic mass is 35.5. The van der Waals surface area contributed by atoms with Crippen LogP contribution in [0.2, 0.25) is 4.34 Å². The quantitative estimate of drug-likeness (QED) is 0.603. The van der Waals surface area contributed by atoms with Crippen LogP contribution in [0, 0.1) is 0 Å². The molecule has 0 aliphatic heterocycles. The first-order valence-electron chi connectivity index (χ1n) is 8.69. The zero-order chi connectivity index (χ0) is 20.3. The Morgan fingerprint density at radius 2 is 2.14 bits per heavy atom. The van der Waals surface area contributed by atoms with E-state index in [0.29, 0.717) is 17.4 Å². The smallest absolute Gasteiger partial charge is 0.254 e. The van der Waals surface area contributed by atoms with Crippen molar-refractivity contribution in [3.05, 3.63) is 57.8 Å². The van der Waals surface area contributed by atoms with Gasteiger partial charge in [-0.05, 0) is 43.2 Å². The standard InChI is InChI=1S/C19H21ClN2O4S2/c1-3-10-22(12-15-7-9-18(20)27-15)19(23)13-4-8-16(26-2)17(11-13)28(24,25)21-14-5-6-14/h3-4,7-9,11,14,21H,1,5-6,10,12H2,2H3. The van der Waals surface area contributed by atoms with Crippen LogP contribution in [0.5, 0.6) is 5.75 Å². The van der Waals surface area contributed by atoms with Crippen LogP contribution in [0.3, 0.4) is 0 Å². The number of amides is 1. The van der Waals surface area contributed by atoms with Gasteiger partial charge in [0, 0.05) is 23.0 Å². The average molecular weight is 441 g/mol. The number of benzene rings is 1. The summed E-state index contributed by atoms with van der Waals surface area (Å²) in [5.74, 6) is -0.0973. The van der Waals surface area contributed by atoms with Gasteiger partial charge >= 0.3 is 0 Å². The van der Waals surface area contributed by atoms with E-state index in [9.17, 15) is 13.2 Å². The molecule has 1 fully saturated rings. The van der Waals surface area contributed by atoms with Gasteiger partial charge in [-0.25, -0.2) is 13.1 Å². The number of ether oxygens (including phenoxy) is 1. The topological polar surface area (TPSA) is 75.7 Å². The van der Waals surface area contributed by atoms with Gasteiger partial charge in [0.2, 0.25) is 10.0 Å². The molecule has 0 saturated heterocycles. The highest BCUT2D eigenvalue weighted by Crippen LogP contribution is 2.29. The number of rotatable bonds is 9. The van der Waals surface area contributed by atoms with Crippen molar-refractivity contribution in [1.82, 2.24) is 9.62 Å². The maximum absolute atomic E-state index is 13.1. The first-order chi connectivity index (χ1) is 13.3. The molecule has 0 unspecified atom stereocenters. The van der Waals surface area contributed by atoms with Crippen LogP contribution in [0.1, 0.15) is 28.1 Å². The van der Waals surface area contributed by atoms with E-state index in [2.05, 4.69) is 11.3 Å². The Hall–Kier alpha value is -1.87. The summed E-state index contributed by atoms with van der Waals surface area (Å²) in [5, 5.41) is 0. The fraction of sp³-hybridized carbons (Fsp3) is 0.316. The molecule has 150 valence electrons. The van der Waals surface area contributed by atoms with E-state index in [-0.39, 0.29) is 28.2 Å². The molecule has 0 radical (unpaired) electrons. The molecule has 28 heavy (non-hydrogen) atoms. The van der Waals surface area contributed by atoms with Crippen molar-refractivity contribution in [3.8, 4) is 5.75 Å². The van der Waals surface area contributed by atoms with Crippen molar-refractivity contribution in [3.63, 3.8) is 0 Å². The average Bonchev–Trinajstić information content (AvgIpc) is 3.38. The lowest BCUT2D eigenvalue weighted by molar-refractivity contribution is 0.0764. The third kappa shape index (κ3) is 4.94. The molecule has 2 aromatic rings. The Morgan fingerprint density at radius 3 is 2.71 bits per heavy atom. The summed E-state index contributed by atoms with van der Waals surface area (Å²) in [4.78, 5) is 15.5. The van der Waals surface area contributed by atoms with Crippen molar-refractivity contribution >= 4 is 38.9 Å². The number of nitrogens with one attached hydrogen (secondary N) is 1. The minimum Gasteiger partial charge on any atom is -0.495 e. The van der Waals surface area contributed by atoms with Crippen LogP contribution < -0.4 is 9.46 Å². The van der Waals surface area contributed by atoms with E-state index >= 15 is 0 Å². The van der Waals surface area contributed by atoms with E-state index in [0.717, 1.165) is 17.7 Å². The maximum atomic E-state index is 13.1. The molecule has 1 aliphatic carbocycles. The van der Waals surface area contributed by atoms with Crippen LogP contribution >= 0.6 is 22.9 Å². The summed E-state index contributed by atoms with van der Waals surface area (Å²) < 4.78 is 33.8. The molecule has 9 heteroatoms. The molecule has 1 amide bonds. The molecule has 0 bridgehead atoms. The lowest BCUT2D eigenvalue weighted by atomic mass is 10.2. The largest absolute Gasteiger partial charge is 0.495 e. The van der Waals surface area contributed by atoms with E-state index < -0.39 is 10.0 Å². The molecule has 3 rings (SSSR count). The van der Waals surface area contributed by atoms with Crippen molar-refractivity contribution in [2.75, 3.05) is 13.7 Å². The minimum absolute atomic E-state index is 0.0366. The molecule has 0 spiro atoms. The molecule has 1 aliphatic rings.